The molecule has 2 aromatic heterocycles. The third kappa shape index (κ3) is 3.21. The molecule has 0 aliphatic carbocycles. The van der Waals surface area contributed by atoms with Gasteiger partial charge >= 0.3 is 0 Å². The molecular formula is C19H19N3O3. The van der Waals surface area contributed by atoms with E-state index >= 15 is 0 Å². The first-order valence-electron chi connectivity index (χ1n) is 8.31. The number of carbonyl (C=O) groups is 1. The molecule has 0 bridgehead atoms. The van der Waals surface area contributed by atoms with Crippen LogP contribution in [0.15, 0.2) is 59.4 Å². The summed E-state index contributed by atoms with van der Waals surface area (Å²) in [4.78, 5) is 20.9. The van der Waals surface area contributed by atoms with Crippen molar-refractivity contribution in [1.82, 2.24) is 9.88 Å². The highest BCUT2D eigenvalue weighted by atomic mass is 16.3. The van der Waals surface area contributed by atoms with Crippen LogP contribution in [0.25, 0.3) is 10.9 Å². The molecule has 1 amide bonds. The minimum absolute atomic E-state index is 0.124. The van der Waals surface area contributed by atoms with Crippen LogP contribution in [0.2, 0.25) is 0 Å². The molecule has 1 N–H and O–H groups in total. The molecule has 3 heterocycles. The highest BCUT2D eigenvalue weighted by Crippen LogP contribution is 2.20. The lowest BCUT2D eigenvalue weighted by Crippen LogP contribution is -2.37. The zero-order chi connectivity index (χ0) is 17.2. The van der Waals surface area contributed by atoms with Crippen molar-refractivity contribution in [2.75, 3.05) is 31.1 Å². The van der Waals surface area contributed by atoms with Gasteiger partial charge in [-0.25, -0.2) is 4.98 Å². The Kier molecular flexibility index (Phi) is 4.11. The molecule has 1 unspecified atom stereocenters. The molecule has 1 atom stereocenters. The molecule has 0 spiro atoms. The van der Waals surface area contributed by atoms with Gasteiger partial charge in [0.25, 0.3) is 5.91 Å². The van der Waals surface area contributed by atoms with Crippen LogP contribution in [-0.2, 0) is 0 Å². The molecular weight excluding hydrogens is 318 g/mol. The number of aliphatic hydroxyl groups is 1. The van der Waals surface area contributed by atoms with E-state index in [1.165, 1.54) is 12.5 Å². The number of anilines is 1. The number of fused-ring (bicyclic) bond motifs is 1. The Morgan fingerprint density at radius 1 is 1.12 bits per heavy atom. The molecule has 0 radical (unpaired) electrons. The average molecular weight is 337 g/mol. The van der Waals surface area contributed by atoms with Crippen LogP contribution in [0, 0.1) is 0 Å². The Morgan fingerprint density at radius 2 is 2.00 bits per heavy atom. The lowest BCUT2D eigenvalue weighted by molar-refractivity contribution is 0.0673. The minimum atomic E-state index is -0.633. The maximum atomic E-state index is 12.5. The zero-order valence-corrected chi connectivity index (χ0v) is 13.7. The second-order valence-electron chi connectivity index (χ2n) is 6.23. The third-order valence-electron chi connectivity index (χ3n) is 4.47. The quantitative estimate of drug-likeness (QED) is 0.776. The highest BCUT2D eigenvalue weighted by molar-refractivity contribution is 5.94. The van der Waals surface area contributed by atoms with Crippen LogP contribution in [0.5, 0.6) is 0 Å². The lowest BCUT2D eigenvalue weighted by atomic mass is 10.2. The van der Waals surface area contributed by atoms with Crippen molar-refractivity contribution in [1.29, 1.82) is 0 Å². The standard InChI is InChI=1S/C19H19N3O3/c23-16-11-21(18-6-5-14-3-1-2-4-17(14)20-18)8-9-22(12-16)19(24)15-7-10-25-13-15/h1-7,10,13,16,23H,8-9,11-12H2. The van der Waals surface area contributed by atoms with Gasteiger partial charge in [0, 0.05) is 31.6 Å². The van der Waals surface area contributed by atoms with Crippen LogP contribution in [0.3, 0.4) is 0 Å². The van der Waals surface area contributed by atoms with Crippen LogP contribution >= 0.6 is 0 Å². The molecule has 1 aliphatic rings. The minimum Gasteiger partial charge on any atom is -0.472 e. The number of rotatable bonds is 2. The SMILES string of the molecule is O=C(c1ccoc1)N1CCN(c2ccc3ccccc3n2)CC(O)C1. The highest BCUT2D eigenvalue weighted by Gasteiger charge is 2.26. The monoisotopic (exact) mass is 337 g/mol. The number of hydrogen-bond donors (Lipinski definition) is 1. The predicted octanol–water partition coefficient (Wildman–Crippen LogP) is 2.15. The van der Waals surface area contributed by atoms with E-state index in [9.17, 15) is 9.90 Å². The number of benzene rings is 1. The van der Waals surface area contributed by atoms with E-state index in [4.69, 9.17) is 9.40 Å². The number of hydrogen-bond acceptors (Lipinski definition) is 5. The van der Waals surface area contributed by atoms with Gasteiger partial charge in [0.2, 0.25) is 0 Å². The van der Waals surface area contributed by atoms with E-state index in [1.807, 2.05) is 41.3 Å². The van der Waals surface area contributed by atoms with Crippen molar-refractivity contribution in [3.05, 3.63) is 60.6 Å². The third-order valence-corrected chi connectivity index (χ3v) is 4.47. The summed E-state index contributed by atoms with van der Waals surface area (Å²) in [6.45, 7) is 1.89. The molecule has 6 heteroatoms. The van der Waals surface area contributed by atoms with Crippen molar-refractivity contribution in [3.8, 4) is 0 Å². The fourth-order valence-electron chi connectivity index (χ4n) is 3.18. The van der Waals surface area contributed by atoms with Crippen LogP contribution in [-0.4, -0.2) is 53.2 Å². The lowest BCUT2D eigenvalue weighted by Gasteiger charge is -2.23. The molecule has 6 nitrogen and oxygen atoms in total. The van der Waals surface area contributed by atoms with E-state index in [0.717, 1.165) is 16.7 Å². The summed E-state index contributed by atoms with van der Waals surface area (Å²) >= 11 is 0. The topological polar surface area (TPSA) is 69.8 Å². The summed E-state index contributed by atoms with van der Waals surface area (Å²) in [6, 6.07) is 13.6. The number of amides is 1. The molecule has 1 saturated heterocycles. The van der Waals surface area contributed by atoms with E-state index < -0.39 is 6.10 Å². The Bertz CT molecular complexity index is 879. The van der Waals surface area contributed by atoms with Gasteiger partial charge in [-0.1, -0.05) is 18.2 Å². The first-order valence-corrected chi connectivity index (χ1v) is 8.31. The van der Waals surface area contributed by atoms with Gasteiger partial charge in [0.05, 0.1) is 23.4 Å². The number of furan rings is 1. The van der Waals surface area contributed by atoms with Crippen molar-refractivity contribution >= 4 is 22.6 Å². The number of pyridine rings is 1. The second-order valence-corrected chi connectivity index (χ2v) is 6.23. The van der Waals surface area contributed by atoms with E-state index in [2.05, 4.69) is 0 Å². The molecule has 4 rings (SSSR count). The van der Waals surface area contributed by atoms with Gasteiger partial charge < -0.3 is 19.3 Å². The molecule has 3 aromatic rings. The number of para-hydroxylation sites is 1. The summed E-state index contributed by atoms with van der Waals surface area (Å²) < 4.78 is 4.99. The maximum Gasteiger partial charge on any atom is 0.257 e. The largest absolute Gasteiger partial charge is 0.472 e. The second kappa shape index (κ2) is 6.57. The van der Waals surface area contributed by atoms with Crippen LogP contribution in [0.4, 0.5) is 5.82 Å². The molecule has 1 aromatic carbocycles. The van der Waals surface area contributed by atoms with Gasteiger partial charge in [-0.15, -0.1) is 0 Å². The smallest absolute Gasteiger partial charge is 0.257 e. The molecule has 1 aliphatic heterocycles. The van der Waals surface area contributed by atoms with Gasteiger partial charge in [-0.3, -0.25) is 4.79 Å². The van der Waals surface area contributed by atoms with E-state index in [1.54, 1.807) is 11.0 Å². The number of carbonyl (C=O) groups excluding carboxylic acids is 1. The van der Waals surface area contributed by atoms with Crippen molar-refractivity contribution in [2.24, 2.45) is 0 Å². The van der Waals surface area contributed by atoms with Crippen molar-refractivity contribution in [2.45, 2.75) is 6.10 Å². The number of β-amino-alcohol motifs (C(OH)–C–C–N with tert-alkyl or cyclic N) is 1. The van der Waals surface area contributed by atoms with Gasteiger partial charge in [-0.05, 0) is 24.3 Å². The summed E-state index contributed by atoms with van der Waals surface area (Å²) in [5, 5.41) is 11.4. The van der Waals surface area contributed by atoms with Gasteiger partial charge in [0.15, 0.2) is 0 Å². The zero-order valence-electron chi connectivity index (χ0n) is 13.7. The van der Waals surface area contributed by atoms with Gasteiger partial charge in [-0.2, -0.15) is 0 Å². The molecule has 128 valence electrons. The van der Waals surface area contributed by atoms with Crippen LogP contribution in [0.1, 0.15) is 10.4 Å². The number of aliphatic hydroxyl groups excluding tert-OH is 1. The number of aromatic nitrogens is 1. The Hall–Kier alpha value is -2.86. The van der Waals surface area contributed by atoms with Crippen molar-refractivity contribution < 1.29 is 14.3 Å². The molecule has 1 fully saturated rings. The predicted molar refractivity (Wildman–Crippen MR) is 94.6 cm³/mol. The molecule has 0 saturated carbocycles. The normalized spacial score (nSPS) is 18.4. The summed E-state index contributed by atoms with van der Waals surface area (Å²) in [7, 11) is 0. The maximum absolute atomic E-state index is 12.5. The van der Waals surface area contributed by atoms with Crippen molar-refractivity contribution in [3.63, 3.8) is 0 Å². The first kappa shape index (κ1) is 15.7. The first-order chi connectivity index (χ1) is 12.2. The molecule has 25 heavy (non-hydrogen) atoms. The number of nitrogens with zero attached hydrogens (tertiary/aromatic N) is 3. The van der Waals surface area contributed by atoms with Crippen LogP contribution < -0.4 is 4.90 Å². The summed E-state index contributed by atoms with van der Waals surface area (Å²) in [5.74, 6) is 0.691. The Balaban J connectivity index is 1.54. The Labute approximate surface area is 145 Å². The fourth-order valence-corrected chi connectivity index (χ4v) is 3.18. The fraction of sp³-hybridized carbons (Fsp3) is 0.263. The van der Waals surface area contributed by atoms with E-state index in [0.29, 0.717) is 31.7 Å². The van der Waals surface area contributed by atoms with Gasteiger partial charge in [0.1, 0.15) is 12.1 Å². The summed E-state index contributed by atoms with van der Waals surface area (Å²) in [5.41, 5.74) is 1.43. The Morgan fingerprint density at radius 3 is 2.84 bits per heavy atom. The summed E-state index contributed by atoms with van der Waals surface area (Å²) in [6.07, 6.45) is 2.28. The average Bonchev–Trinajstić information content (AvgIpc) is 3.10. The van der Waals surface area contributed by atoms with E-state index in [-0.39, 0.29) is 5.91 Å².